The standard InChI is InChI=1S/C22H25N3O6/c1-23(2)10-5-11-24(21(27)28)17-7-4-6-15(12-17)14-25-18-9-8-16(20(26)30-3)13-19(18)31-22(25)29/h4,6-9,12-13H,5,10-11,14H2,1-3H3,(H,27,28). The lowest BCUT2D eigenvalue weighted by atomic mass is 10.1. The highest BCUT2D eigenvalue weighted by molar-refractivity contribution is 5.93. The molecule has 31 heavy (non-hydrogen) atoms. The predicted octanol–water partition coefficient (Wildman–Crippen LogP) is 2.87. The third-order valence-corrected chi connectivity index (χ3v) is 4.87. The van der Waals surface area contributed by atoms with Crippen LogP contribution in [0.25, 0.3) is 11.1 Å². The van der Waals surface area contributed by atoms with Gasteiger partial charge in [0.1, 0.15) is 0 Å². The van der Waals surface area contributed by atoms with Gasteiger partial charge in [0.2, 0.25) is 0 Å². The van der Waals surface area contributed by atoms with Gasteiger partial charge in [-0.15, -0.1) is 0 Å². The molecule has 3 rings (SSSR count). The molecule has 9 nitrogen and oxygen atoms in total. The van der Waals surface area contributed by atoms with Crippen molar-refractivity contribution in [1.82, 2.24) is 9.47 Å². The fourth-order valence-electron chi connectivity index (χ4n) is 3.35. The predicted molar refractivity (Wildman–Crippen MR) is 116 cm³/mol. The zero-order chi connectivity index (χ0) is 22.5. The Bertz CT molecular complexity index is 1150. The molecule has 0 saturated heterocycles. The smallest absolute Gasteiger partial charge is 0.420 e. The third kappa shape index (κ3) is 5.13. The molecular weight excluding hydrogens is 402 g/mol. The molecule has 3 aromatic rings. The quantitative estimate of drug-likeness (QED) is 0.551. The van der Waals surface area contributed by atoms with E-state index in [-0.39, 0.29) is 17.7 Å². The van der Waals surface area contributed by atoms with E-state index >= 15 is 0 Å². The number of hydrogen-bond acceptors (Lipinski definition) is 6. The summed E-state index contributed by atoms with van der Waals surface area (Å²) >= 11 is 0. The van der Waals surface area contributed by atoms with E-state index in [9.17, 15) is 19.5 Å². The van der Waals surface area contributed by atoms with Gasteiger partial charge in [-0.2, -0.15) is 0 Å². The zero-order valence-electron chi connectivity index (χ0n) is 17.7. The molecule has 0 saturated carbocycles. The summed E-state index contributed by atoms with van der Waals surface area (Å²) in [6.45, 7) is 1.33. The van der Waals surface area contributed by atoms with Gasteiger partial charge in [-0.25, -0.2) is 14.4 Å². The highest BCUT2D eigenvalue weighted by Crippen LogP contribution is 2.20. The van der Waals surface area contributed by atoms with Crippen LogP contribution in [0.5, 0.6) is 0 Å². The van der Waals surface area contributed by atoms with Crippen molar-refractivity contribution < 1.29 is 23.8 Å². The maximum absolute atomic E-state index is 12.4. The highest BCUT2D eigenvalue weighted by Gasteiger charge is 2.16. The zero-order valence-corrected chi connectivity index (χ0v) is 17.7. The van der Waals surface area contributed by atoms with Crippen LogP contribution in [0.4, 0.5) is 10.5 Å². The maximum atomic E-state index is 12.4. The molecule has 0 unspecified atom stereocenters. The number of carbonyl (C=O) groups excluding carboxylic acids is 1. The summed E-state index contributed by atoms with van der Waals surface area (Å²) < 4.78 is 11.4. The van der Waals surface area contributed by atoms with Crippen LogP contribution in [0, 0.1) is 0 Å². The number of methoxy groups -OCH3 is 1. The van der Waals surface area contributed by atoms with Crippen molar-refractivity contribution in [2.45, 2.75) is 13.0 Å². The fraction of sp³-hybridized carbons (Fsp3) is 0.318. The van der Waals surface area contributed by atoms with Gasteiger partial charge in [0.05, 0.1) is 24.7 Å². The molecule has 0 aliphatic carbocycles. The van der Waals surface area contributed by atoms with Crippen molar-refractivity contribution in [3.05, 3.63) is 64.1 Å². The molecule has 0 spiro atoms. The minimum Gasteiger partial charge on any atom is -0.465 e. The van der Waals surface area contributed by atoms with Crippen molar-refractivity contribution in [3.63, 3.8) is 0 Å². The van der Waals surface area contributed by atoms with Gasteiger partial charge >= 0.3 is 17.8 Å². The van der Waals surface area contributed by atoms with Gasteiger partial charge in [-0.3, -0.25) is 9.47 Å². The van der Waals surface area contributed by atoms with Crippen molar-refractivity contribution in [2.75, 3.05) is 39.2 Å². The second kappa shape index (κ2) is 9.48. The first kappa shape index (κ1) is 22.1. The maximum Gasteiger partial charge on any atom is 0.420 e. The number of carboxylic acid groups (broad SMARTS) is 1. The Labute approximate surface area is 179 Å². The highest BCUT2D eigenvalue weighted by atomic mass is 16.5. The van der Waals surface area contributed by atoms with E-state index in [1.54, 1.807) is 30.3 Å². The van der Waals surface area contributed by atoms with Gasteiger partial charge in [0.15, 0.2) is 5.58 Å². The first-order valence-electron chi connectivity index (χ1n) is 9.76. The van der Waals surface area contributed by atoms with E-state index in [0.29, 0.717) is 24.2 Å². The number of benzene rings is 2. The van der Waals surface area contributed by atoms with Gasteiger partial charge in [-0.1, -0.05) is 12.1 Å². The molecule has 0 fully saturated rings. The number of fused-ring (bicyclic) bond motifs is 1. The molecule has 9 heteroatoms. The first-order valence-corrected chi connectivity index (χ1v) is 9.76. The normalized spacial score (nSPS) is 11.1. The summed E-state index contributed by atoms with van der Waals surface area (Å²) in [6.07, 6.45) is -0.338. The topological polar surface area (TPSA) is 105 Å². The van der Waals surface area contributed by atoms with E-state index in [1.807, 2.05) is 25.1 Å². The number of aromatic nitrogens is 1. The molecular formula is C22H25N3O6. The number of rotatable bonds is 8. The van der Waals surface area contributed by atoms with Crippen LogP contribution in [0.1, 0.15) is 22.3 Å². The number of amides is 1. The number of anilines is 1. The second-order valence-electron chi connectivity index (χ2n) is 7.39. The summed E-state index contributed by atoms with van der Waals surface area (Å²) in [5, 5.41) is 9.62. The first-order chi connectivity index (χ1) is 14.8. The van der Waals surface area contributed by atoms with Crippen LogP contribution >= 0.6 is 0 Å². The monoisotopic (exact) mass is 427 g/mol. The van der Waals surface area contributed by atoms with Gasteiger partial charge in [0, 0.05) is 12.2 Å². The number of oxazole rings is 1. The number of esters is 1. The number of nitrogens with zero attached hydrogens (tertiary/aromatic N) is 3. The Kier molecular flexibility index (Phi) is 6.76. The Morgan fingerprint density at radius 2 is 1.90 bits per heavy atom. The van der Waals surface area contributed by atoms with E-state index < -0.39 is 17.8 Å². The Morgan fingerprint density at radius 3 is 2.58 bits per heavy atom. The van der Waals surface area contributed by atoms with Crippen LogP contribution in [0.3, 0.4) is 0 Å². The molecule has 1 heterocycles. The Morgan fingerprint density at radius 1 is 1.13 bits per heavy atom. The van der Waals surface area contributed by atoms with Gasteiger partial charge < -0.3 is 19.2 Å². The Hall–Kier alpha value is -3.59. The van der Waals surface area contributed by atoms with Crippen molar-refractivity contribution in [1.29, 1.82) is 0 Å². The molecule has 0 aliphatic rings. The summed E-state index contributed by atoms with van der Waals surface area (Å²) in [5.41, 5.74) is 2.38. The number of ether oxygens (including phenoxy) is 1. The fourth-order valence-corrected chi connectivity index (χ4v) is 3.35. The molecule has 164 valence electrons. The summed E-state index contributed by atoms with van der Waals surface area (Å²) in [6, 6.07) is 11.7. The van der Waals surface area contributed by atoms with Crippen LogP contribution in [-0.2, 0) is 11.3 Å². The number of carbonyl (C=O) groups is 2. The minimum atomic E-state index is -1.03. The third-order valence-electron chi connectivity index (χ3n) is 4.87. The van der Waals surface area contributed by atoms with Crippen LogP contribution in [0.2, 0.25) is 0 Å². The number of hydrogen-bond donors (Lipinski definition) is 1. The van der Waals surface area contributed by atoms with E-state index in [0.717, 1.165) is 12.1 Å². The molecule has 2 aromatic carbocycles. The molecule has 0 atom stereocenters. The van der Waals surface area contributed by atoms with Crippen LogP contribution < -0.4 is 10.7 Å². The lowest BCUT2D eigenvalue weighted by Gasteiger charge is -2.21. The lowest BCUT2D eigenvalue weighted by Crippen LogP contribution is -2.32. The summed E-state index contributed by atoms with van der Waals surface area (Å²) in [4.78, 5) is 39.1. The van der Waals surface area contributed by atoms with E-state index in [4.69, 9.17) is 9.15 Å². The summed E-state index contributed by atoms with van der Waals surface area (Å²) in [5.74, 6) is -1.09. The average molecular weight is 427 g/mol. The molecule has 1 amide bonds. The van der Waals surface area contributed by atoms with Crippen molar-refractivity contribution >= 4 is 28.8 Å². The average Bonchev–Trinajstić information content (AvgIpc) is 3.04. The minimum absolute atomic E-state index is 0.197. The van der Waals surface area contributed by atoms with Gasteiger partial charge in [-0.05, 0) is 63.0 Å². The van der Waals surface area contributed by atoms with Gasteiger partial charge in [0.25, 0.3) is 0 Å². The molecule has 0 aliphatic heterocycles. The molecule has 0 radical (unpaired) electrons. The van der Waals surface area contributed by atoms with Crippen LogP contribution in [0.15, 0.2) is 51.7 Å². The van der Waals surface area contributed by atoms with Crippen LogP contribution in [-0.4, -0.2) is 60.9 Å². The van der Waals surface area contributed by atoms with Crippen molar-refractivity contribution in [3.8, 4) is 0 Å². The Balaban J connectivity index is 1.87. The van der Waals surface area contributed by atoms with E-state index in [1.165, 1.54) is 22.6 Å². The van der Waals surface area contributed by atoms with E-state index in [2.05, 4.69) is 0 Å². The molecule has 1 aromatic heterocycles. The van der Waals surface area contributed by atoms with Crippen molar-refractivity contribution in [2.24, 2.45) is 0 Å². The second-order valence-corrected chi connectivity index (χ2v) is 7.39. The SMILES string of the molecule is COC(=O)c1ccc2c(c1)oc(=O)n2Cc1cccc(N(CCCN(C)C)C(=O)O)c1. The summed E-state index contributed by atoms with van der Waals surface area (Å²) in [7, 11) is 5.15. The molecule has 1 N–H and O–H groups in total. The largest absolute Gasteiger partial charge is 0.465 e. The lowest BCUT2D eigenvalue weighted by molar-refractivity contribution is 0.0600. The molecule has 0 bridgehead atoms.